The molecule has 5 nitrogen and oxygen atoms in total. The van der Waals surface area contributed by atoms with Gasteiger partial charge in [0.15, 0.2) is 0 Å². The van der Waals surface area contributed by atoms with E-state index in [2.05, 4.69) is 91.9 Å². The second-order valence-electron chi connectivity index (χ2n) is 8.95. The molecule has 0 saturated carbocycles. The molecule has 0 unspecified atom stereocenters. The van der Waals surface area contributed by atoms with Gasteiger partial charge in [0.2, 0.25) is 0 Å². The molecule has 6 heteroatoms. The third-order valence-electron chi connectivity index (χ3n) is 6.46. The van der Waals surface area contributed by atoms with Gasteiger partial charge in [-0.05, 0) is 93.1 Å². The Hall–Kier alpha value is -4.16. The highest BCUT2D eigenvalue weighted by molar-refractivity contribution is 9.10. The average Bonchev–Trinajstić information content (AvgIpc) is 3.43. The molecule has 0 saturated heterocycles. The first-order valence-electron chi connectivity index (χ1n) is 12.0. The molecule has 184 valence electrons. The maximum atomic E-state index is 12.8. The van der Waals surface area contributed by atoms with E-state index >= 15 is 0 Å². The largest absolute Gasteiger partial charge is 0.318 e. The topological polar surface area (TPSA) is 51.3 Å². The van der Waals surface area contributed by atoms with Crippen LogP contribution in [0, 0.1) is 20.8 Å². The molecular formula is C31H27BrN4O. The highest BCUT2D eigenvalue weighted by atomic mass is 79.9. The smallest absolute Gasteiger partial charge is 0.271 e. The van der Waals surface area contributed by atoms with Gasteiger partial charge in [-0.1, -0.05) is 46.3 Å². The van der Waals surface area contributed by atoms with E-state index in [1.165, 1.54) is 0 Å². The Morgan fingerprint density at radius 1 is 0.784 bits per heavy atom. The van der Waals surface area contributed by atoms with Crippen molar-refractivity contribution in [3.63, 3.8) is 0 Å². The lowest BCUT2D eigenvalue weighted by molar-refractivity contribution is 0.0955. The van der Waals surface area contributed by atoms with Gasteiger partial charge in [0.1, 0.15) is 0 Å². The van der Waals surface area contributed by atoms with Crippen molar-refractivity contribution in [1.29, 1.82) is 0 Å². The number of carbonyl (C=O) groups is 1. The minimum Gasteiger partial charge on any atom is -0.318 e. The molecule has 0 radical (unpaired) electrons. The number of benzene rings is 3. The summed E-state index contributed by atoms with van der Waals surface area (Å²) < 4.78 is 5.40. The second-order valence-corrected chi connectivity index (χ2v) is 9.86. The van der Waals surface area contributed by atoms with E-state index in [1.807, 2.05) is 61.5 Å². The molecule has 0 spiro atoms. The zero-order valence-electron chi connectivity index (χ0n) is 20.9. The minimum absolute atomic E-state index is 0.253. The molecule has 0 fully saturated rings. The molecule has 37 heavy (non-hydrogen) atoms. The normalized spacial score (nSPS) is 11.2. The van der Waals surface area contributed by atoms with Crippen molar-refractivity contribution in [2.75, 3.05) is 0 Å². The molecule has 2 aromatic heterocycles. The van der Waals surface area contributed by atoms with Gasteiger partial charge in [0.05, 0.1) is 11.9 Å². The summed E-state index contributed by atoms with van der Waals surface area (Å²) in [7, 11) is 0. The van der Waals surface area contributed by atoms with Gasteiger partial charge in [-0.15, -0.1) is 0 Å². The molecular weight excluding hydrogens is 524 g/mol. The van der Waals surface area contributed by atoms with Crippen LogP contribution >= 0.6 is 15.9 Å². The van der Waals surface area contributed by atoms with Crippen molar-refractivity contribution >= 4 is 28.1 Å². The first-order valence-corrected chi connectivity index (χ1v) is 12.8. The standard InChI is InChI=1S/C31H27BrN4O/c1-21-9-18-30(24-7-5-4-6-8-24)36(21)29-14-10-25(11-15-29)31(37)34-33-20-26-19-22(2)35(23(26)3)28-16-12-27(32)13-17-28/h4-20H,1-3H3,(H,34,37)/b33-20-. The Kier molecular flexibility index (Phi) is 6.93. The molecule has 5 rings (SSSR count). The van der Waals surface area contributed by atoms with Crippen molar-refractivity contribution in [2.45, 2.75) is 20.8 Å². The number of nitrogens with one attached hydrogen (secondary N) is 1. The fourth-order valence-corrected chi connectivity index (χ4v) is 4.87. The highest BCUT2D eigenvalue weighted by Crippen LogP contribution is 2.26. The van der Waals surface area contributed by atoms with Gasteiger partial charge >= 0.3 is 0 Å². The summed E-state index contributed by atoms with van der Waals surface area (Å²) >= 11 is 3.49. The molecule has 0 aliphatic rings. The Morgan fingerprint density at radius 3 is 2.14 bits per heavy atom. The van der Waals surface area contributed by atoms with E-state index in [0.717, 1.165) is 49.8 Å². The first kappa shape index (κ1) is 24.5. The average molecular weight is 551 g/mol. The summed E-state index contributed by atoms with van der Waals surface area (Å²) in [5.74, 6) is -0.253. The first-order chi connectivity index (χ1) is 17.9. The van der Waals surface area contributed by atoms with Crippen LogP contribution < -0.4 is 5.43 Å². The van der Waals surface area contributed by atoms with Gasteiger partial charge in [-0.25, -0.2) is 5.43 Å². The highest BCUT2D eigenvalue weighted by Gasteiger charge is 2.12. The summed E-state index contributed by atoms with van der Waals surface area (Å²) in [6.45, 7) is 6.18. The van der Waals surface area contributed by atoms with Gasteiger partial charge in [-0.2, -0.15) is 5.10 Å². The van der Waals surface area contributed by atoms with Gasteiger partial charge in [0, 0.05) is 44.1 Å². The van der Waals surface area contributed by atoms with Crippen LogP contribution in [0.15, 0.2) is 107 Å². The fraction of sp³-hybridized carbons (Fsp3) is 0.0968. The summed E-state index contributed by atoms with van der Waals surface area (Å²) in [5, 5.41) is 4.23. The Balaban J connectivity index is 1.31. The quantitative estimate of drug-likeness (QED) is 0.174. The number of aromatic nitrogens is 2. The van der Waals surface area contributed by atoms with E-state index in [0.29, 0.717) is 5.56 Å². The predicted molar refractivity (Wildman–Crippen MR) is 154 cm³/mol. The summed E-state index contributed by atoms with van der Waals surface area (Å²) in [6, 6.07) is 32.3. The lowest BCUT2D eigenvalue weighted by Crippen LogP contribution is -2.17. The molecule has 2 heterocycles. The van der Waals surface area contributed by atoms with Crippen LogP contribution in [0.5, 0.6) is 0 Å². The number of aryl methyl sites for hydroxylation is 2. The Labute approximate surface area is 225 Å². The van der Waals surface area contributed by atoms with Crippen molar-refractivity contribution in [2.24, 2.45) is 5.10 Å². The van der Waals surface area contributed by atoms with Crippen LogP contribution in [0.4, 0.5) is 0 Å². The number of hydrazone groups is 1. The zero-order chi connectivity index (χ0) is 25.9. The second kappa shape index (κ2) is 10.4. The molecule has 0 aliphatic carbocycles. The minimum atomic E-state index is -0.253. The van der Waals surface area contributed by atoms with Crippen LogP contribution in [0.1, 0.15) is 33.0 Å². The summed E-state index contributed by atoms with van der Waals surface area (Å²) in [4.78, 5) is 12.8. The SMILES string of the molecule is Cc1ccc(-c2ccccc2)n1-c1ccc(C(=O)N/N=C\c2cc(C)n(-c3ccc(Br)cc3)c2C)cc1. The maximum absolute atomic E-state index is 12.8. The van der Waals surface area contributed by atoms with Gasteiger partial charge in [0.25, 0.3) is 5.91 Å². The Bertz CT molecular complexity index is 1580. The molecule has 1 amide bonds. The van der Waals surface area contributed by atoms with Crippen molar-refractivity contribution < 1.29 is 4.79 Å². The predicted octanol–water partition coefficient (Wildman–Crippen LogP) is 7.39. The van der Waals surface area contributed by atoms with Gasteiger partial charge in [-0.3, -0.25) is 4.79 Å². The number of carbonyl (C=O) groups excluding carboxylic acids is 1. The van der Waals surface area contributed by atoms with Crippen LogP contribution in [0.3, 0.4) is 0 Å². The fourth-order valence-electron chi connectivity index (χ4n) is 4.61. The number of nitrogens with zero attached hydrogens (tertiary/aromatic N) is 3. The zero-order valence-corrected chi connectivity index (χ0v) is 22.5. The number of hydrogen-bond donors (Lipinski definition) is 1. The van der Waals surface area contributed by atoms with E-state index in [-0.39, 0.29) is 5.91 Å². The molecule has 5 aromatic rings. The maximum Gasteiger partial charge on any atom is 0.271 e. The number of rotatable bonds is 6. The van der Waals surface area contributed by atoms with Crippen molar-refractivity contribution in [3.8, 4) is 22.6 Å². The van der Waals surface area contributed by atoms with Crippen molar-refractivity contribution in [3.05, 3.63) is 130 Å². The van der Waals surface area contributed by atoms with Crippen molar-refractivity contribution in [1.82, 2.24) is 14.6 Å². The van der Waals surface area contributed by atoms with Gasteiger partial charge < -0.3 is 9.13 Å². The number of amides is 1. The van der Waals surface area contributed by atoms with Crippen LogP contribution in [-0.4, -0.2) is 21.3 Å². The van der Waals surface area contributed by atoms with E-state index in [1.54, 1.807) is 6.21 Å². The Morgan fingerprint density at radius 2 is 1.43 bits per heavy atom. The molecule has 3 aromatic carbocycles. The molecule has 0 aliphatic heterocycles. The van der Waals surface area contributed by atoms with Crippen LogP contribution in [-0.2, 0) is 0 Å². The summed E-state index contributed by atoms with van der Waals surface area (Å²) in [6.07, 6.45) is 1.69. The lowest BCUT2D eigenvalue weighted by Gasteiger charge is -2.12. The monoisotopic (exact) mass is 550 g/mol. The number of halogens is 1. The molecule has 1 N–H and O–H groups in total. The van der Waals surface area contributed by atoms with E-state index < -0.39 is 0 Å². The van der Waals surface area contributed by atoms with Crippen LogP contribution in [0.2, 0.25) is 0 Å². The molecule has 0 bridgehead atoms. The summed E-state index contributed by atoms with van der Waals surface area (Å²) in [5.41, 5.74) is 11.8. The third kappa shape index (κ3) is 5.06. The third-order valence-corrected chi connectivity index (χ3v) is 6.99. The number of hydrogen-bond acceptors (Lipinski definition) is 2. The van der Waals surface area contributed by atoms with E-state index in [9.17, 15) is 4.79 Å². The van der Waals surface area contributed by atoms with Crippen LogP contribution in [0.25, 0.3) is 22.6 Å². The van der Waals surface area contributed by atoms with E-state index in [4.69, 9.17) is 0 Å². The molecule has 0 atom stereocenters. The lowest BCUT2D eigenvalue weighted by atomic mass is 10.1.